The molecule has 23 heavy (non-hydrogen) atoms. The van der Waals surface area contributed by atoms with E-state index in [4.69, 9.17) is 6.42 Å². The Morgan fingerprint density at radius 2 is 1.43 bits per heavy atom. The first kappa shape index (κ1) is 20.0. The van der Waals surface area contributed by atoms with Gasteiger partial charge in [-0.15, -0.1) is 12.3 Å². The number of ketones is 1. The fraction of sp³-hybridized carbons (Fsp3) is 0.0952. The van der Waals surface area contributed by atoms with E-state index in [1.807, 2.05) is 88.1 Å². The third-order valence-electron chi connectivity index (χ3n) is 3.33. The summed E-state index contributed by atoms with van der Waals surface area (Å²) in [5, 5.41) is 0. The third-order valence-corrected chi connectivity index (χ3v) is 3.33. The summed E-state index contributed by atoms with van der Waals surface area (Å²) in [5.74, 6) is 3.69. The van der Waals surface area contributed by atoms with Gasteiger partial charge in [0.15, 0.2) is 5.78 Å². The van der Waals surface area contributed by atoms with Crippen molar-refractivity contribution in [1.82, 2.24) is 0 Å². The van der Waals surface area contributed by atoms with E-state index < -0.39 is 0 Å². The van der Waals surface area contributed by atoms with Gasteiger partial charge in [0.2, 0.25) is 0 Å². The van der Waals surface area contributed by atoms with Crippen molar-refractivity contribution in [1.29, 1.82) is 0 Å². The van der Waals surface area contributed by atoms with Crippen LogP contribution in [0.15, 0.2) is 30.3 Å². The van der Waals surface area contributed by atoms with Crippen LogP contribution < -0.4 is 0 Å². The summed E-state index contributed by atoms with van der Waals surface area (Å²) < 4.78 is 0. The molecule has 0 amide bonds. The second kappa shape index (κ2) is 11.5. The summed E-state index contributed by atoms with van der Waals surface area (Å²) in [6.45, 7) is 0. The van der Waals surface area contributed by atoms with Gasteiger partial charge in [-0.25, -0.2) is 0 Å². The maximum absolute atomic E-state index is 12.0. The van der Waals surface area contributed by atoms with Crippen molar-refractivity contribution in [3.8, 4) is 12.3 Å². The van der Waals surface area contributed by atoms with Crippen LogP contribution in [0.5, 0.6) is 0 Å². The van der Waals surface area contributed by atoms with E-state index >= 15 is 0 Å². The molecule has 10 radical (unpaired) electrons. The minimum Gasteiger partial charge on any atom is -0.294 e. The van der Waals surface area contributed by atoms with Gasteiger partial charge < -0.3 is 0 Å². The van der Waals surface area contributed by atoms with E-state index in [1.54, 1.807) is 0 Å². The predicted molar refractivity (Wildman–Crippen MR) is 89.7 cm³/mol. The van der Waals surface area contributed by atoms with Crippen molar-refractivity contribution in [3.05, 3.63) is 99.6 Å². The minimum absolute atomic E-state index is 0. The number of Topliss-reactive ketones (excluding diaryl/α,β-unsaturated/α-hetero) is 1. The Kier molecular flexibility index (Phi) is 10.0. The molecule has 1 unspecified atom stereocenters. The summed E-state index contributed by atoms with van der Waals surface area (Å²) in [4.78, 5) is 12.0. The molecule has 0 saturated heterocycles. The normalized spacial score (nSPS) is 18.2. The van der Waals surface area contributed by atoms with Crippen LogP contribution in [-0.2, 0) is 17.1 Å². The van der Waals surface area contributed by atoms with Gasteiger partial charge in [-0.3, -0.25) is 4.79 Å². The monoisotopic (exact) mass is 342 g/mol. The Bertz CT molecular complexity index is 471. The summed E-state index contributed by atoms with van der Waals surface area (Å²) in [6, 6.07) is 9.26. The maximum atomic E-state index is 12.0. The standard InChI is InChI=1S/C16H13O.C5H5.Fe/c1-2-13(14-8-6-7-9-14)12-16(17)15-10-4-3-5-11-15;1-2-4-5-3-1;/h1,3-11,13H,12H2;1-5H;/q;;+2. The number of carbonyl (C=O) groups is 1. The van der Waals surface area contributed by atoms with Crippen LogP contribution in [-0.4, -0.2) is 5.78 Å². The van der Waals surface area contributed by atoms with Crippen LogP contribution in [0, 0.1) is 82.0 Å². The molecule has 2 aliphatic carbocycles. The van der Waals surface area contributed by atoms with Crippen molar-refractivity contribution in [2.24, 2.45) is 5.92 Å². The Labute approximate surface area is 152 Å². The molecule has 2 fully saturated rings. The quantitative estimate of drug-likeness (QED) is 0.460. The van der Waals surface area contributed by atoms with Gasteiger partial charge in [-0.1, -0.05) is 30.3 Å². The van der Waals surface area contributed by atoms with E-state index in [2.05, 4.69) is 5.92 Å². The summed E-state index contributed by atoms with van der Waals surface area (Å²) in [7, 11) is 0. The number of benzene rings is 1. The van der Waals surface area contributed by atoms with E-state index in [1.165, 1.54) is 0 Å². The molecule has 0 aliphatic heterocycles. The third kappa shape index (κ3) is 6.94. The van der Waals surface area contributed by atoms with Crippen LogP contribution >= 0.6 is 0 Å². The van der Waals surface area contributed by atoms with Gasteiger partial charge in [0.1, 0.15) is 0 Å². The largest absolute Gasteiger partial charge is 2.00 e. The molecule has 1 aromatic rings. The molecule has 0 bridgehead atoms. The molecule has 0 spiro atoms. The molecule has 0 aromatic heterocycles. The zero-order chi connectivity index (χ0) is 15.6. The van der Waals surface area contributed by atoms with Crippen LogP contribution in [0.4, 0.5) is 0 Å². The van der Waals surface area contributed by atoms with Crippen molar-refractivity contribution >= 4 is 5.78 Å². The molecule has 2 aliphatic rings. The Morgan fingerprint density at radius 1 is 0.913 bits per heavy atom. The Balaban J connectivity index is 0.000000377. The van der Waals surface area contributed by atoms with E-state index in [0.29, 0.717) is 6.42 Å². The number of hydrogen-bond acceptors (Lipinski definition) is 1. The second-order valence-corrected chi connectivity index (χ2v) is 4.89. The molecule has 0 heterocycles. The van der Waals surface area contributed by atoms with Crippen LogP contribution in [0.2, 0.25) is 0 Å². The van der Waals surface area contributed by atoms with Crippen LogP contribution in [0.25, 0.3) is 0 Å². The van der Waals surface area contributed by atoms with Gasteiger partial charge in [0.05, 0.1) is 0 Å². The number of terminal acetylenes is 1. The van der Waals surface area contributed by atoms with E-state index in [-0.39, 0.29) is 28.8 Å². The second-order valence-electron chi connectivity index (χ2n) is 4.89. The van der Waals surface area contributed by atoms with Gasteiger partial charge in [0, 0.05) is 17.9 Å². The molecule has 0 N–H and O–H groups in total. The molecular formula is C21H18FeO+2. The fourth-order valence-electron chi connectivity index (χ4n) is 2.14. The van der Waals surface area contributed by atoms with Crippen LogP contribution in [0.1, 0.15) is 16.8 Å². The fourth-order valence-corrected chi connectivity index (χ4v) is 2.14. The van der Waals surface area contributed by atoms with Crippen molar-refractivity contribution < 1.29 is 21.9 Å². The van der Waals surface area contributed by atoms with Crippen molar-refractivity contribution in [3.63, 3.8) is 0 Å². The smallest absolute Gasteiger partial charge is 0.294 e. The molecule has 1 atom stereocenters. The van der Waals surface area contributed by atoms with Gasteiger partial charge >= 0.3 is 17.1 Å². The molecule has 1 nitrogen and oxygen atoms in total. The molecule has 3 rings (SSSR count). The first-order chi connectivity index (χ1) is 10.8. The summed E-state index contributed by atoms with van der Waals surface area (Å²) in [6.07, 6.45) is 23.7. The number of carbonyl (C=O) groups excluding carboxylic acids is 1. The summed E-state index contributed by atoms with van der Waals surface area (Å²) >= 11 is 0. The maximum Gasteiger partial charge on any atom is 2.00 e. The van der Waals surface area contributed by atoms with Gasteiger partial charge in [-0.2, -0.15) is 0 Å². The molecular weight excluding hydrogens is 324 g/mol. The molecule has 1 aromatic carbocycles. The van der Waals surface area contributed by atoms with E-state index in [0.717, 1.165) is 11.5 Å². The van der Waals surface area contributed by atoms with Crippen LogP contribution in [0.3, 0.4) is 0 Å². The zero-order valence-electron chi connectivity index (χ0n) is 12.7. The average Bonchev–Trinajstić information content (AvgIpc) is 3.28. The van der Waals surface area contributed by atoms with Gasteiger partial charge in [-0.05, 0) is 63.7 Å². The summed E-state index contributed by atoms with van der Waals surface area (Å²) in [5.41, 5.74) is 0.722. The Hall–Kier alpha value is -1.03. The van der Waals surface area contributed by atoms with Gasteiger partial charge in [0.25, 0.3) is 0 Å². The minimum atomic E-state index is -0.127. The molecule has 2 saturated carbocycles. The first-order valence-electron chi connectivity index (χ1n) is 7.24. The first-order valence-corrected chi connectivity index (χ1v) is 7.24. The zero-order valence-corrected chi connectivity index (χ0v) is 13.8. The Morgan fingerprint density at radius 3 is 1.91 bits per heavy atom. The number of hydrogen-bond donors (Lipinski definition) is 0. The average molecular weight is 342 g/mol. The molecule has 114 valence electrons. The van der Waals surface area contributed by atoms with E-state index in [9.17, 15) is 4.79 Å². The number of rotatable bonds is 4. The molecule has 2 heteroatoms. The van der Waals surface area contributed by atoms with Crippen molar-refractivity contribution in [2.45, 2.75) is 6.42 Å². The topological polar surface area (TPSA) is 17.1 Å². The SMILES string of the molecule is C#CC(CC(=O)c1ccccc1)[C]1[CH][CH][CH][CH]1.[CH]1[CH][CH][CH][CH]1.[Fe+2]. The predicted octanol–water partition coefficient (Wildman–Crippen LogP) is 3.93. The van der Waals surface area contributed by atoms with Crippen molar-refractivity contribution in [2.75, 3.05) is 0 Å².